The Morgan fingerprint density at radius 3 is 2.28 bits per heavy atom. The Morgan fingerprint density at radius 2 is 1.74 bits per heavy atom. The number of aliphatic hydroxyl groups excluding tert-OH is 1. The molecule has 0 aromatic heterocycles. The van der Waals surface area contributed by atoms with Crippen LogP contribution in [-0.4, -0.2) is 66.2 Å². The fraction of sp³-hybridized carbons (Fsp3) is 0.645. The predicted molar refractivity (Wildman–Crippen MR) is 154 cm³/mol. The molecule has 1 heterocycles. The average molecular weight is 542 g/mol. The third-order valence-corrected chi connectivity index (χ3v) is 8.61. The smallest absolute Gasteiger partial charge is 0.310 e. The van der Waals surface area contributed by atoms with Crippen molar-refractivity contribution in [1.29, 1.82) is 0 Å². The van der Waals surface area contributed by atoms with Crippen molar-refractivity contribution in [3.8, 4) is 0 Å². The summed E-state index contributed by atoms with van der Waals surface area (Å²) >= 11 is 0. The number of fused-ring (bicyclic) bond motifs is 1. The molecule has 1 aliphatic heterocycles. The molecule has 1 aromatic carbocycles. The Balaban J connectivity index is 2.01. The number of carbonyl (C=O) groups is 3. The molecule has 3 rings (SSSR count). The van der Waals surface area contributed by atoms with Gasteiger partial charge in [0.05, 0.1) is 31.1 Å². The molecule has 0 spiro atoms. The zero-order valence-electron chi connectivity index (χ0n) is 24.4. The normalized spacial score (nSPS) is 25.7. The van der Waals surface area contributed by atoms with Crippen LogP contribution in [0.2, 0.25) is 0 Å². The zero-order valence-corrected chi connectivity index (χ0v) is 24.4. The van der Waals surface area contributed by atoms with Gasteiger partial charge in [0.25, 0.3) is 0 Å². The van der Waals surface area contributed by atoms with E-state index < -0.39 is 29.8 Å². The van der Waals surface area contributed by atoms with E-state index in [1.807, 2.05) is 50.3 Å². The van der Waals surface area contributed by atoms with Gasteiger partial charge < -0.3 is 25.0 Å². The molecule has 7 atom stereocenters. The van der Waals surface area contributed by atoms with Gasteiger partial charge in [-0.2, -0.15) is 0 Å². The third kappa shape index (κ3) is 6.32. The van der Waals surface area contributed by atoms with E-state index in [1.165, 1.54) is 0 Å². The molecule has 39 heavy (non-hydrogen) atoms. The van der Waals surface area contributed by atoms with E-state index in [4.69, 9.17) is 4.74 Å². The molecular weight excluding hydrogens is 494 g/mol. The number of anilines is 2. The van der Waals surface area contributed by atoms with Crippen LogP contribution in [0.5, 0.6) is 0 Å². The molecule has 2 amide bonds. The van der Waals surface area contributed by atoms with Gasteiger partial charge in [-0.05, 0) is 63.3 Å². The minimum Gasteiger partial charge on any atom is -0.466 e. The third-order valence-electron chi connectivity index (χ3n) is 8.61. The number of nitrogens with zero attached hydrogens (tertiary/aromatic N) is 2. The van der Waals surface area contributed by atoms with Crippen molar-refractivity contribution in [3.05, 3.63) is 36.4 Å². The highest BCUT2D eigenvalue weighted by Gasteiger charge is 2.59. The number of esters is 1. The van der Waals surface area contributed by atoms with Crippen LogP contribution in [0.15, 0.2) is 36.4 Å². The molecule has 1 saturated heterocycles. The van der Waals surface area contributed by atoms with E-state index in [2.05, 4.69) is 31.0 Å². The summed E-state index contributed by atoms with van der Waals surface area (Å²) in [4.78, 5) is 45.2. The van der Waals surface area contributed by atoms with Gasteiger partial charge in [0, 0.05) is 30.4 Å². The molecule has 8 nitrogen and oxygen atoms in total. The molecule has 8 heteroatoms. The summed E-state index contributed by atoms with van der Waals surface area (Å²) in [6, 6.07) is 6.33. The van der Waals surface area contributed by atoms with Crippen LogP contribution in [0.4, 0.5) is 11.4 Å². The highest BCUT2D eigenvalue weighted by Crippen LogP contribution is 2.47. The molecule has 1 aliphatic carbocycles. The van der Waals surface area contributed by atoms with Crippen molar-refractivity contribution >= 4 is 29.2 Å². The lowest BCUT2D eigenvalue weighted by Crippen LogP contribution is -2.52. The van der Waals surface area contributed by atoms with Crippen LogP contribution >= 0.6 is 0 Å². The monoisotopic (exact) mass is 541 g/mol. The second-order valence-corrected chi connectivity index (χ2v) is 10.8. The van der Waals surface area contributed by atoms with Crippen molar-refractivity contribution in [2.45, 2.75) is 72.9 Å². The van der Waals surface area contributed by atoms with Gasteiger partial charge >= 0.3 is 5.97 Å². The largest absolute Gasteiger partial charge is 0.466 e. The van der Waals surface area contributed by atoms with Gasteiger partial charge in [0.2, 0.25) is 11.8 Å². The first kappa shape index (κ1) is 30.7. The molecule has 0 saturated carbocycles. The molecule has 0 radical (unpaired) electrons. The van der Waals surface area contributed by atoms with Crippen molar-refractivity contribution in [1.82, 2.24) is 4.90 Å². The maximum Gasteiger partial charge on any atom is 0.310 e. The SMILES string of the molecule is CCC[C@@H]1C=C[C@H]2[C@H](C(=O)N([C@@H](CO)[C@@H](C)CC)[C@@H]2C(=O)Nc2ccc(N(CC)CC)cc2)[C@@H]1C(=O)OCC. The average Bonchev–Trinajstić information content (AvgIpc) is 3.22. The van der Waals surface area contributed by atoms with Crippen LogP contribution in [-0.2, 0) is 19.1 Å². The fourth-order valence-electron chi connectivity index (χ4n) is 6.35. The van der Waals surface area contributed by atoms with Crippen molar-refractivity contribution in [2.75, 3.05) is 36.5 Å². The summed E-state index contributed by atoms with van der Waals surface area (Å²) in [6.07, 6.45) is 6.30. The van der Waals surface area contributed by atoms with Gasteiger partial charge in [-0.1, -0.05) is 45.8 Å². The van der Waals surface area contributed by atoms with Crippen LogP contribution in [0, 0.1) is 29.6 Å². The lowest BCUT2D eigenvalue weighted by atomic mass is 9.69. The van der Waals surface area contributed by atoms with E-state index >= 15 is 0 Å². The van der Waals surface area contributed by atoms with E-state index in [0.717, 1.165) is 38.0 Å². The summed E-state index contributed by atoms with van der Waals surface area (Å²) in [5.41, 5.74) is 1.71. The Kier molecular flexibility index (Phi) is 11.0. The first-order valence-corrected chi connectivity index (χ1v) is 14.7. The molecule has 0 bridgehead atoms. The predicted octanol–water partition coefficient (Wildman–Crippen LogP) is 4.49. The van der Waals surface area contributed by atoms with Crippen LogP contribution in [0.25, 0.3) is 0 Å². The molecule has 1 fully saturated rings. The summed E-state index contributed by atoms with van der Waals surface area (Å²) in [7, 11) is 0. The van der Waals surface area contributed by atoms with Crippen molar-refractivity contribution in [3.63, 3.8) is 0 Å². The lowest BCUT2D eigenvalue weighted by Gasteiger charge is -2.36. The van der Waals surface area contributed by atoms with Crippen molar-refractivity contribution in [2.24, 2.45) is 29.6 Å². The highest BCUT2D eigenvalue weighted by atomic mass is 16.5. The quantitative estimate of drug-likeness (QED) is 0.282. The van der Waals surface area contributed by atoms with Crippen LogP contribution in [0.3, 0.4) is 0 Å². The van der Waals surface area contributed by atoms with Gasteiger partial charge in [-0.15, -0.1) is 0 Å². The first-order valence-electron chi connectivity index (χ1n) is 14.7. The summed E-state index contributed by atoms with van der Waals surface area (Å²) in [5.74, 6) is -2.96. The number of hydrogen-bond acceptors (Lipinski definition) is 6. The van der Waals surface area contributed by atoms with E-state index in [0.29, 0.717) is 5.69 Å². The van der Waals surface area contributed by atoms with Gasteiger partial charge in [-0.3, -0.25) is 14.4 Å². The Bertz CT molecular complexity index is 1010. The molecule has 216 valence electrons. The standard InChI is InChI=1S/C31H47N3O5/c1-7-12-21-13-18-24-27(26(21)31(38)39-11-5)30(37)34(25(19-35)20(6)8-2)28(24)29(36)32-22-14-16-23(17-15-22)33(9-3)10-4/h13-18,20-21,24-28,35H,7-12,19H2,1-6H3,(H,32,36)/t20-,21+,24-,25-,26+,27-,28-/m0/s1. The zero-order chi connectivity index (χ0) is 28.7. The number of aliphatic hydroxyl groups is 1. The van der Waals surface area contributed by atoms with E-state index in [1.54, 1.807) is 11.8 Å². The fourth-order valence-corrected chi connectivity index (χ4v) is 6.35. The Labute approximate surface area is 233 Å². The number of allylic oxidation sites excluding steroid dienone is 1. The Hall–Kier alpha value is -2.87. The number of carbonyl (C=O) groups excluding carboxylic acids is 3. The summed E-state index contributed by atoms with van der Waals surface area (Å²) in [5, 5.41) is 13.4. The molecule has 0 unspecified atom stereocenters. The van der Waals surface area contributed by atoms with Crippen molar-refractivity contribution < 1.29 is 24.2 Å². The number of ether oxygens (including phenoxy) is 1. The minimum atomic E-state index is -0.841. The molecule has 2 N–H and O–H groups in total. The lowest BCUT2D eigenvalue weighted by molar-refractivity contribution is -0.156. The number of hydrogen-bond donors (Lipinski definition) is 2. The number of nitrogens with one attached hydrogen (secondary N) is 1. The molecule has 2 aliphatic rings. The van der Waals surface area contributed by atoms with Crippen LogP contribution < -0.4 is 10.2 Å². The maximum atomic E-state index is 14.2. The maximum absolute atomic E-state index is 14.2. The van der Waals surface area contributed by atoms with Crippen LogP contribution in [0.1, 0.15) is 60.8 Å². The summed E-state index contributed by atoms with van der Waals surface area (Å²) < 4.78 is 5.45. The second kappa shape index (κ2) is 14.0. The van der Waals surface area contributed by atoms with Gasteiger partial charge in [-0.25, -0.2) is 0 Å². The van der Waals surface area contributed by atoms with E-state index in [-0.39, 0.29) is 42.8 Å². The summed E-state index contributed by atoms with van der Waals surface area (Å²) in [6.45, 7) is 13.7. The number of likely N-dealkylation sites (tertiary alicyclic amines) is 1. The Morgan fingerprint density at radius 1 is 1.08 bits per heavy atom. The second-order valence-electron chi connectivity index (χ2n) is 10.8. The molecule has 1 aromatic rings. The number of benzene rings is 1. The number of rotatable bonds is 13. The molecular formula is C31H47N3O5. The van der Waals surface area contributed by atoms with Gasteiger partial charge in [0.1, 0.15) is 6.04 Å². The topological polar surface area (TPSA) is 99.2 Å². The van der Waals surface area contributed by atoms with E-state index in [9.17, 15) is 19.5 Å². The number of amides is 2. The first-order chi connectivity index (χ1) is 18.8. The minimum absolute atomic E-state index is 0.0285. The highest BCUT2D eigenvalue weighted by molar-refractivity contribution is 6.02. The van der Waals surface area contributed by atoms with Gasteiger partial charge in [0.15, 0.2) is 0 Å².